The first kappa shape index (κ1) is 15.0. The van der Waals surface area contributed by atoms with Crippen LogP contribution >= 0.6 is 0 Å². The minimum atomic E-state index is -0.0578. The van der Waals surface area contributed by atoms with Gasteiger partial charge in [-0.3, -0.25) is 4.79 Å². The van der Waals surface area contributed by atoms with Crippen LogP contribution in [-0.2, 0) is 6.54 Å². The fourth-order valence-electron chi connectivity index (χ4n) is 2.43. The van der Waals surface area contributed by atoms with Crippen LogP contribution < -0.4 is 20.8 Å². The zero-order valence-corrected chi connectivity index (χ0v) is 12.9. The van der Waals surface area contributed by atoms with E-state index in [4.69, 9.17) is 15.2 Å². The van der Waals surface area contributed by atoms with E-state index < -0.39 is 0 Å². The van der Waals surface area contributed by atoms with Gasteiger partial charge < -0.3 is 19.8 Å². The molecule has 5 heteroatoms. The van der Waals surface area contributed by atoms with E-state index in [-0.39, 0.29) is 5.56 Å². The summed E-state index contributed by atoms with van der Waals surface area (Å²) in [4.78, 5) is 12.5. The van der Waals surface area contributed by atoms with Gasteiger partial charge in [0.25, 0.3) is 5.56 Å². The van der Waals surface area contributed by atoms with Gasteiger partial charge in [-0.05, 0) is 35.7 Å². The molecule has 0 saturated carbocycles. The second-order valence-corrected chi connectivity index (χ2v) is 5.19. The van der Waals surface area contributed by atoms with Gasteiger partial charge in [-0.2, -0.15) is 0 Å². The Hall–Kier alpha value is -2.95. The number of fused-ring (bicyclic) bond motifs is 1. The standard InChI is InChI=1S/C18H18N2O3/c1-22-15-6-5-13-7-8-20(18(21)17(13)12-15)9-10-23-16-4-2-3-14(19)11-16/h2-8,11-12H,9-10,19H2,1H3. The molecule has 0 fully saturated rings. The first-order valence-corrected chi connectivity index (χ1v) is 7.33. The topological polar surface area (TPSA) is 66.5 Å². The highest BCUT2D eigenvalue weighted by Gasteiger charge is 2.05. The van der Waals surface area contributed by atoms with E-state index >= 15 is 0 Å². The summed E-state index contributed by atoms with van der Waals surface area (Å²) in [5.74, 6) is 1.36. The van der Waals surface area contributed by atoms with Gasteiger partial charge in [0, 0.05) is 18.0 Å². The van der Waals surface area contributed by atoms with Crippen molar-refractivity contribution in [1.29, 1.82) is 0 Å². The molecule has 1 aromatic heterocycles. The largest absolute Gasteiger partial charge is 0.497 e. The number of nitrogen functional groups attached to an aromatic ring is 1. The molecule has 5 nitrogen and oxygen atoms in total. The molecule has 0 spiro atoms. The van der Waals surface area contributed by atoms with Crippen LogP contribution in [0.2, 0.25) is 0 Å². The van der Waals surface area contributed by atoms with Crippen LogP contribution in [-0.4, -0.2) is 18.3 Å². The Kier molecular flexibility index (Phi) is 4.19. The summed E-state index contributed by atoms with van der Waals surface area (Å²) in [5.41, 5.74) is 6.30. The Bertz CT molecular complexity index is 887. The second kappa shape index (κ2) is 6.44. The summed E-state index contributed by atoms with van der Waals surface area (Å²) in [7, 11) is 1.59. The van der Waals surface area contributed by atoms with E-state index in [1.54, 1.807) is 36.1 Å². The molecule has 3 rings (SSSR count). The molecule has 0 bridgehead atoms. The number of ether oxygens (including phenoxy) is 2. The van der Waals surface area contributed by atoms with Crippen molar-refractivity contribution in [2.24, 2.45) is 0 Å². The molecular formula is C18H18N2O3. The maximum Gasteiger partial charge on any atom is 0.258 e. The van der Waals surface area contributed by atoms with Crippen LogP contribution in [0.3, 0.4) is 0 Å². The molecule has 0 amide bonds. The highest BCUT2D eigenvalue weighted by atomic mass is 16.5. The molecular weight excluding hydrogens is 292 g/mol. The zero-order valence-electron chi connectivity index (χ0n) is 12.9. The fraction of sp³-hybridized carbons (Fsp3) is 0.167. The minimum absolute atomic E-state index is 0.0578. The molecule has 0 saturated heterocycles. The highest BCUT2D eigenvalue weighted by molar-refractivity contribution is 5.82. The Morgan fingerprint density at radius 1 is 1.09 bits per heavy atom. The van der Waals surface area contributed by atoms with E-state index in [0.29, 0.717) is 35.7 Å². The van der Waals surface area contributed by atoms with Crippen molar-refractivity contribution in [2.75, 3.05) is 19.5 Å². The number of aromatic nitrogens is 1. The molecule has 1 heterocycles. The van der Waals surface area contributed by atoms with Crippen molar-refractivity contribution in [3.05, 3.63) is 65.1 Å². The van der Waals surface area contributed by atoms with Gasteiger partial charge in [-0.15, -0.1) is 0 Å². The van der Waals surface area contributed by atoms with E-state index in [1.807, 2.05) is 30.3 Å². The lowest BCUT2D eigenvalue weighted by Gasteiger charge is -2.10. The number of nitrogens with zero attached hydrogens (tertiary/aromatic N) is 1. The van der Waals surface area contributed by atoms with E-state index in [9.17, 15) is 4.79 Å². The van der Waals surface area contributed by atoms with E-state index in [0.717, 1.165) is 5.39 Å². The molecule has 2 aromatic carbocycles. The van der Waals surface area contributed by atoms with Gasteiger partial charge in [-0.1, -0.05) is 12.1 Å². The van der Waals surface area contributed by atoms with Crippen molar-refractivity contribution < 1.29 is 9.47 Å². The fourth-order valence-corrected chi connectivity index (χ4v) is 2.43. The summed E-state index contributed by atoms with van der Waals surface area (Å²) in [6.07, 6.45) is 1.78. The van der Waals surface area contributed by atoms with Crippen LogP contribution in [0, 0.1) is 0 Å². The highest BCUT2D eigenvalue weighted by Crippen LogP contribution is 2.18. The second-order valence-electron chi connectivity index (χ2n) is 5.19. The Morgan fingerprint density at radius 3 is 2.74 bits per heavy atom. The number of anilines is 1. The van der Waals surface area contributed by atoms with E-state index in [1.165, 1.54) is 0 Å². The normalized spacial score (nSPS) is 10.7. The monoisotopic (exact) mass is 310 g/mol. The molecule has 3 aromatic rings. The Morgan fingerprint density at radius 2 is 1.96 bits per heavy atom. The SMILES string of the molecule is COc1ccc2ccn(CCOc3cccc(N)c3)c(=O)c2c1. The third-order valence-corrected chi connectivity index (χ3v) is 3.64. The van der Waals surface area contributed by atoms with Gasteiger partial charge >= 0.3 is 0 Å². The lowest BCUT2D eigenvalue weighted by Crippen LogP contribution is -2.22. The van der Waals surface area contributed by atoms with E-state index in [2.05, 4.69) is 0 Å². The Balaban J connectivity index is 1.77. The maximum atomic E-state index is 12.5. The third kappa shape index (κ3) is 3.29. The molecule has 0 aliphatic carbocycles. The summed E-state index contributed by atoms with van der Waals surface area (Å²) in [6.45, 7) is 0.847. The number of hydrogen-bond acceptors (Lipinski definition) is 4. The average Bonchev–Trinajstić information content (AvgIpc) is 2.57. The predicted molar refractivity (Wildman–Crippen MR) is 91.1 cm³/mol. The van der Waals surface area contributed by atoms with Crippen LogP contribution in [0.5, 0.6) is 11.5 Å². The van der Waals surface area contributed by atoms with Gasteiger partial charge in [0.15, 0.2) is 0 Å². The van der Waals surface area contributed by atoms with Gasteiger partial charge in [-0.25, -0.2) is 0 Å². The maximum absolute atomic E-state index is 12.5. The third-order valence-electron chi connectivity index (χ3n) is 3.64. The predicted octanol–water partition coefficient (Wildman–Crippen LogP) is 2.67. The smallest absolute Gasteiger partial charge is 0.258 e. The van der Waals surface area contributed by atoms with Crippen molar-refractivity contribution in [1.82, 2.24) is 4.57 Å². The number of methoxy groups -OCH3 is 1. The van der Waals surface area contributed by atoms with Crippen LogP contribution in [0.15, 0.2) is 59.5 Å². The Labute approximate surface area is 133 Å². The molecule has 2 N–H and O–H groups in total. The molecule has 23 heavy (non-hydrogen) atoms. The zero-order chi connectivity index (χ0) is 16.2. The number of rotatable bonds is 5. The number of nitrogens with two attached hydrogens (primary N) is 1. The van der Waals surface area contributed by atoms with Crippen LogP contribution in [0.25, 0.3) is 10.8 Å². The van der Waals surface area contributed by atoms with Crippen LogP contribution in [0.4, 0.5) is 5.69 Å². The summed E-state index contributed by atoms with van der Waals surface area (Å²) in [6, 6.07) is 14.6. The number of pyridine rings is 1. The molecule has 0 unspecified atom stereocenters. The number of hydrogen-bond donors (Lipinski definition) is 1. The number of benzene rings is 2. The lowest BCUT2D eigenvalue weighted by atomic mass is 10.1. The van der Waals surface area contributed by atoms with Crippen molar-refractivity contribution in [3.8, 4) is 11.5 Å². The molecule has 0 aliphatic rings. The molecule has 0 atom stereocenters. The first-order valence-electron chi connectivity index (χ1n) is 7.33. The molecule has 0 aliphatic heterocycles. The molecule has 118 valence electrons. The van der Waals surface area contributed by atoms with Gasteiger partial charge in [0.05, 0.1) is 19.0 Å². The lowest BCUT2D eigenvalue weighted by molar-refractivity contribution is 0.297. The summed E-state index contributed by atoms with van der Waals surface area (Å²) >= 11 is 0. The minimum Gasteiger partial charge on any atom is -0.497 e. The quantitative estimate of drug-likeness (QED) is 0.736. The van der Waals surface area contributed by atoms with Crippen LogP contribution in [0.1, 0.15) is 0 Å². The van der Waals surface area contributed by atoms with Crippen molar-refractivity contribution in [3.63, 3.8) is 0 Å². The van der Waals surface area contributed by atoms with Crippen molar-refractivity contribution in [2.45, 2.75) is 6.54 Å². The first-order chi connectivity index (χ1) is 11.2. The molecule has 0 radical (unpaired) electrons. The van der Waals surface area contributed by atoms with Crippen molar-refractivity contribution >= 4 is 16.5 Å². The average molecular weight is 310 g/mol. The van der Waals surface area contributed by atoms with Gasteiger partial charge in [0.1, 0.15) is 18.1 Å². The summed E-state index contributed by atoms with van der Waals surface area (Å²) in [5, 5.41) is 1.53. The van der Waals surface area contributed by atoms with Gasteiger partial charge in [0.2, 0.25) is 0 Å². The summed E-state index contributed by atoms with van der Waals surface area (Å²) < 4.78 is 12.5.